The van der Waals surface area contributed by atoms with Gasteiger partial charge in [0.05, 0.1) is 12.1 Å². The molecule has 0 unspecified atom stereocenters. The summed E-state index contributed by atoms with van der Waals surface area (Å²) in [7, 11) is 0. The average molecular weight is 311 g/mol. The maximum Gasteiger partial charge on any atom is 0.410 e. The third-order valence-corrected chi connectivity index (χ3v) is 4.20. The van der Waals surface area contributed by atoms with E-state index in [0.717, 1.165) is 11.1 Å². The van der Waals surface area contributed by atoms with Crippen LogP contribution in [0.1, 0.15) is 30.0 Å². The van der Waals surface area contributed by atoms with Crippen LogP contribution in [0, 0.1) is 0 Å². The SMILES string of the molecule is O=C(OCc1ccccc1)N1CC[C@@H](O)C[C@H]1c1ccccc1. The molecule has 1 N–H and O–H groups in total. The number of amides is 1. The number of carbonyl (C=O) groups is 1. The van der Waals surface area contributed by atoms with E-state index in [1.807, 2.05) is 60.7 Å². The topological polar surface area (TPSA) is 49.8 Å². The average Bonchev–Trinajstić information content (AvgIpc) is 2.61. The number of piperidine rings is 1. The van der Waals surface area contributed by atoms with Crippen LogP contribution in [0.3, 0.4) is 0 Å². The molecule has 1 saturated heterocycles. The number of rotatable bonds is 3. The van der Waals surface area contributed by atoms with Crippen molar-refractivity contribution in [3.8, 4) is 0 Å². The Morgan fingerprint density at radius 1 is 1.09 bits per heavy atom. The van der Waals surface area contributed by atoms with Gasteiger partial charge in [-0.3, -0.25) is 0 Å². The Kier molecular flexibility index (Phi) is 4.93. The highest BCUT2D eigenvalue weighted by molar-refractivity contribution is 5.68. The Morgan fingerprint density at radius 2 is 1.74 bits per heavy atom. The molecular formula is C19H21NO3. The molecule has 2 atom stereocenters. The number of hydrogen-bond acceptors (Lipinski definition) is 3. The Hall–Kier alpha value is -2.33. The van der Waals surface area contributed by atoms with E-state index in [1.165, 1.54) is 0 Å². The lowest BCUT2D eigenvalue weighted by Crippen LogP contribution is -2.42. The number of aliphatic hydroxyl groups excluding tert-OH is 1. The molecule has 1 fully saturated rings. The van der Waals surface area contributed by atoms with Crippen molar-refractivity contribution in [3.63, 3.8) is 0 Å². The van der Waals surface area contributed by atoms with Gasteiger partial charge in [0.2, 0.25) is 0 Å². The van der Waals surface area contributed by atoms with E-state index in [1.54, 1.807) is 4.90 Å². The zero-order valence-electron chi connectivity index (χ0n) is 13.0. The molecule has 4 heteroatoms. The summed E-state index contributed by atoms with van der Waals surface area (Å²) in [6.45, 7) is 0.772. The lowest BCUT2D eigenvalue weighted by molar-refractivity contribution is 0.0259. The first kappa shape index (κ1) is 15.6. The first-order chi connectivity index (χ1) is 11.2. The lowest BCUT2D eigenvalue weighted by atomic mass is 9.94. The molecule has 0 bridgehead atoms. The summed E-state index contributed by atoms with van der Waals surface area (Å²) in [5.41, 5.74) is 2.00. The van der Waals surface area contributed by atoms with Crippen molar-refractivity contribution in [1.82, 2.24) is 4.90 Å². The second-order valence-corrected chi connectivity index (χ2v) is 5.84. The summed E-state index contributed by atoms with van der Waals surface area (Å²) < 4.78 is 5.46. The van der Waals surface area contributed by atoms with Crippen molar-refractivity contribution in [3.05, 3.63) is 71.8 Å². The Morgan fingerprint density at radius 3 is 2.43 bits per heavy atom. The molecule has 3 rings (SSSR count). The van der Waals surface area contributed by atoms with Crippen LogP contribution >= 0.6 is 0 Å². The maximum atomic E-state index is 12.5. The van der Waals surface area contributed by atoms with Crippen LogP contribution in [0.4, 0.5) is 4.79 Å². The van der Waals surface area contributed by atoms with Gasteiger partial charge in [-0.2, -0.15) is 0 Å². The molecule has 4 nitrogen and oxygen atoms in total. The van der Waals surface area contributed by atoms with Crippen molar-refractivity contribution in [2.24, 2.45) is 0 Å². The maximum absolute atomic E-state index is 12.5. The van der Waals surface area contributed by atoms with Crippen LogP contribution in [0.15, 0.2) is 60.7 Å². The highest BCUT2D eigenvalue weighted by Gasteiger charge is 2.32. The molecule has 0 spiro atoms. The number of hydrogen-bond donors (Lipinski definition) is 1. The van der Waals surface area contributed by atoms with Crippen molar-refractivity contribution >= 4 is 6.09 Å². The molecule has 23 heavy (non-hydrogen) atoms. The fourth-order valence-corrected chi connectivity index (χ4v) is 2.96. The third kappa shape index (κ3) is 3.90. The monoisotopic (exact) mass is 311 g/mol. The number of likely N-dealkylation sites (tertiary alicyclic amines) is 1. The van der Waals surface area contributed by atoms with Gasteiger partial charge in [-0.05, 0) is 24.0 Å². The summed E-state index contributed by atoms with van der Waals surface area (Å²) in [5.74, 6) is 0. The number of ether oxygens (including phenoxy) is 1. The fraction of sp³-hybridized carbons (Fsp3) is 0.316. The van der Waals surface area contributed by atoms with Crippen LogP contribution in [0.5, 0.6) is 0 Å². The molecule has 2 aromatic carbocycles. The van der Waals surface area contributed by atoms with Gasteiger partial charge in [0.1, 0.15) is 6.61 Å². The summed E-state index contributed by atoms with van der Waals surface area (Å²) in [6.07, 6.45) is 0.432. The lowest BCUT2D eigenvalue weighted by Gasteiger charge is -2.37. The number of benzene rings is 2. The quantitative estimate of drug-likeness (QED) is 0.943. The number of nitrogens with zero attached hydrogens (tertiary/aromatic N) is 1. The summed E-state index contributed by atoms with van der Waals surface area (Å²) in [5, 5.41) is 9.97. The predicted molar refractivity (Wildman–Crippen MR) is 87.8 cm³/mol. The first-order valence-electron chi connectivity index (χ1n) is 7.94. The van der Waals surface area contributed by atoms with Gasteiger partial charge in [-0.15, -0.1) is 0 Å². The molecule has 0 saturated carbocycles. The fourth-order valence-electron chi connectivity index (χ4n) is 2.96. The Bertz CT molecular complexity index is 630. The van der Waals surface area contributed by atoms with Crippen molar-refractivity contribution in [1.29, 1.82) is 0 Å². The van der Waals surface area contributed by atoms with Crippen molar-refractivity contribution < 1.29 is 14.6 Å². The third-order valence-electron chi connectivity index (χ3n) is 4.20. The van der Waals surface area contributed by atoms with E-state index in [0.29, 0.717) is 19.4 Å². The Balaban J connectivity index is 1.69. The normalized spacial score (nSPS) is 21.0. The zero-order chi connectivity index (χ0) is 16.1. The minimum absolute atomic E-state index is 0.136. The highest BCUT2D eigenvalue weighted by Crippen LogP contribution is 2.31. The van der Waals surface area contributed by atoms with Crippen LogP contribution in [0.2, 0.25) is 0 Å². The molecule has 2 aromatic rings. The van der Waals surface area contributed by atoms with Gasteiger partial charge in [-0.1, -0.05) is 60.7 Å². The van der Waals surface area contributed by atoms with E-state index in [2.05, 4.69) is 0 Å². The second-order valence-electron chi connectivity index (χ2n) is 5.84. The molecule has 120 valence electrons. The van der Waals surface area contributed by atoms with Gasteiger partial charge in [0.15, 0.2) is 0 Å². The van der Waals surface area contributed by atoms with Crippen LogP contribution in [0.25, 0.3) is 0 Å². The zero-order valence-corrected chi connectivity index (χ0v) is 13.0. The van der Waals surface area contributed by atoms with Gasteiger partial charge in [-0.25, -0.2) is 4.79 Å². The van der Waals surface area contributed by atoms with Crippen LogP contribution in [-0.2, 0) is 11.3 Å². The molecule has 1 aliphatic rings. The van der Waals surface area contributed by atoms with E-state index in [4.69, 9.17) is 4.74 Å². The highest BCUT2D eigenvalue weighted by atomic mass is 16.6. The summed E-state index contributed by atoms with van der Waals surface area (Å²) in [6, 6.07) is 19.3. The van der Waals surface area contributed by atoms with E-state index in [9.17, 15) is 9.90 Å². The minimum atomic E-state index is -0.377. The smallest absolute Gasteiger partial charge is 0.410 e. The van der Waals surface area contributed by atoms with Gasteiger partial charge >= 0.3 is 6.09 Å². The van der Waals surface area contributed by atoms with Gasteiger partial charge in [0.25, 0.3) is 0 Å². The predicted octanol–water partition coefficient (Wildman–Crippen LogP) is 3.52. The molecule has 1 heterocycles. The molecular weight excluding hydrogens is 290 g/mol. The Labute approximate surface area is 136 Å². The molecule has 0 aromatic heterocycles. The summed E-state index contributed by atoms with van der Waals surface area (Å²) >= 11 is 0. The first-order valence-corrected chi connectivity index (χ1v) is 7.94. The molecule has 1 aliphatic heterocycles. The number of aliphatic hydroxyl groups is 1. The standard InChI is InChI=1S/C19H21NO3/c21-17-11-12-20(18(13-17)16-9-5-2-6-10-16)19(22)23-14-15-7-3-1-4-8-15/h1-10,17-18,21H,11-14H2/t17-,18+/m1/s1. The largest absolute Gasteiger partial charge is 0.445 e. The summed E-state index contributed by atoms with van der Waals surface area (Å²) in [4.78, 5) is 14.2. The van der Waals surface area contributed by atoms with Gasteiger partial charge < -0.3 is 14.7 Å². The molecule has 0 aliphatic carbocycles. The van der Waals surface area contributed by atoms with E-state index >= 15 is 0 Å². The minimum Gasteiger partial charge on any atom is -0.445 e. The van der Waals surface area contributed by atoms with Crippen molar-refractivity contribution in [2.45, 2.75) is 31.6 Å². The van der Waals surface area contributed by atoms with E-state index < -0.39 is 0 Å². The second kappa shape index (κ2) is 7.29. The van der Waals surface area contributed by atoms with E-state index in [-0.39, 0.29) is 24.8 Å². The number of carbonyl (C=O) groups excluding carboxylic acids is 1. The molecule has 1 amide bonds. The van der Waals surface area contributed by atoms with Crippen molar-refractivity contribution in [2.75, 3.05) is 6.54 Å². The van der Waals surface area contributed by atoms with Crippen LogP contribution in [-0.4, -0.2) is 28.7 Å². The molecule has 0 radical (unpaired) electrons. The van der Waals surface area contributed by atoms with Crippen LogP contribution < -0.4 is 0 Å². The van der Waals surface area contributed by atoms with Gasteiger partial charge in [0, 0.05) is 6.54 Å².